The average molecular weight is 241 g/mol. The summed E-state index contributed by atoms with van der Waals surface area (Å²) < 4.78 is 0. The highest BCUT2D eigenvalue weighted by atomic mass is 32.2. The quantitative estimate of drug-likeness (QED) is 0.370. The van der Waals surface area contributed by atoms with Gasteiger partial charge in [0.05, 0.1) is 18.7 Å². The summed E-state index contributed by atoms with van der Waals surface area (Å²) in [6.07, 6.45) is 5.98. The fourth-order valence-electron chi connectivity index (χ4n) is 1.42. The van der Waals surface area contributed by atoms with E-state index in [-0.39, 0.29) is 0 Å². The normalized spacial score (nSPS) is 25.2. The van der Waals surface area contributed by atoms with Crippen LogP contribution in [0.3, 0.4) is 0 Å². The summed E-state index contributed by atoms with van der Waals surface area (Å²) in [6.45, 7) is 3.65. The highest BCUT2D eigenvalue weighted by Gasteiger charge is 2.31. The molecule has 0 aromatic rings. The molecule has 0 aliphatic carbocycles. The number of thioether (sulfide) groups is 1. The minimum atomic E-state index is -0.636. The first-order chi connectivity index (χ1) is 7.70. The van der Waals surface area contributed by atoms with Gasteiger partial charge in [0.25, 0.3) is 0 Å². The lowest BCUT2D eigenvalue weighted by Crippen LogP contribution is -2.40. The van der Waals surface area contributed by atoms with E-state index >= 15 is 0 Å². The Hall–Kier alpha value is -0.860. The van der Waals surface area contributed by atoms with Crippen LogP contribution in [0.15, 0.2) is 4.99 Å². The van der Waals surface area contributed by atoms with Gasteiger partial charge < -0.3 is 15.7 Å². The van der Waals surface area contributed by atoms with Crippen molar-refractivity contribution >= 4 is 17.7 Å². The van der Waals surface area contributed by atoms with E-state index < -0.39 is 5.60 Å². The first-order valence-electron chi connectivity index (χ1n) is 5.46. The van der Waals surface area contributed by atoms with Gasteiger partial charge in [0, 0.05) is 12.3 Å². The predicted octanol–water partition coefficient (Wildman–Crippen LogP) is 0.0427. The molecule has 1 rings (SSSR count). The number of nitrogens with one attached hydrogen (secondary N) is 2. The van der Waals surface area contributed by atoms with Crippen LogP contribution in [0.5, 0.6) is 0 Å². The molecule has 0 spiro atoms. The number of rotatable bonds is 4. The summed E-state index contributed by atoms with van der Waals surface area (Å²) in [5.74, 6) is 4.95. The number of guanidine groups is 1. The van der Waals surface area contributed by atoms with Gasteiger partial charge >= 0.3 is 0 Å². The Labute approximate surface area is 101 Å². The van der Waals surface area contributed by atoms with Gasteiger partial charge in [0.2, 0.25) is 0 Å². The van der Waals surface area contributed by atoms with E-state index in [0.717, 1.165) is 24.5 Å². The van der Waals surface area contributed by atoms with E-state index in [9.17, 15) is 5.11 Å². The van der Waals surface area contributed by atoms with Crippen molar-refractivity contribution in [2.45, 2.75) is 18.9 Å². The van der Waals surface area contributed by atoms with Crippen LogP contribution in [0.25, 0.3) is 0 Å². The lowest BCUT2D eigenvalue weighted by atomic mass is 10.1. The van der Waals surface area contributed by atoms with Crippen LogP contribution >= 0.6 is 11.8 Å². The fraction of sp³-hybridized carbons (Fsp3) is 0.727. The number of terminal acetylenes is 1. The van der Waals surface area contributed by atoms with Crippen LogP contribution in [0.1, 0.15) is 13.3 Å². The Balaban J connectivity index is 2.46. The van der Waals surface area contributed by atoms with Crippen molar-refractivity contribution in [3.8, 4) is 12.3 Å². The lowest BCUT2D eigenvalue weighted by molar-refractivity contribution is 0.0778. The van der Waals surface area contributed by atoms with E-state index in [4.69, 9.17) is 6.42 Å². The molecule has 1 unspecified atom stereocenters. The fourth-order valence-corrected chi connectivity index (χ4v) is 2.71. The maximum atomic E-state index is 10.1. The second kappa shape index (κ2) is 6.66. The molecule has 4 nitrogen and oxygen atoms in total. The molecular formula is C11H19N3OS. The number of nitrogens with zero attached hydrogens (tertiary/aromatic N) is 1. The molecule has 1 aliphatic rings. The molecule has 90 valence electrons. The van der Waals surface area contributed by atoms with Crippen LogP contribution in [0, 0.1) is 12.3 Å². The van der Waals surface area contributed by atoms with E-state index in [1.165, 1.54) is 0 Å². The predicted molar refractivity (Wildman–Crippen MR) is 69.7 cm³/mol. The molecule has 1 saturated heterocycles. The van der Waals surface area contributed by atoms with Gasteiger partial charge in [-0.2, -0.15) is 11.8 Å². The molecular weight excluding hydrogens is 222 g/mol. The van der Waals surface area contributed by atoms with Crippen LogP contribution in [0.2, 0.25) is 0 Å². The maximum Gasteiger partial charge on any atom is 0.192 e. The van der Waals surface area contributed by atoms with Crippen LogP contribution in [0.4, 0.5) is 0 Å². The zero-order chi connectivity index (χ0) is 11.9. The standard InChI is InChI=1S/C11H19N3OS/c1-3-6-13-10(12-4-2)14-8-11(15)5-7-16-9-11/h1,15H,4-9H2,2H3,(H2,12,13,14). The van der Waals surface area contributed by atoms with Crippen LogP contribution in [-0.2, 0) is 0 Å². The summed E-state index contributed by atoms with van der Waals surface area (Å²) in [5, 5.41) is 16.2. The molecule has 0 amide bonds. The zero-order valence-electron chi connectivity index (χ0n) is 9.62. The van der Waals surface area contributed by atoms with Crippen molar-refractivity contribution in [3.63, 3.8) is 0 Å². The van der Waals surface area contributed by atoms with Crippen molar-refractivity contribution in [3.05, 3.63) is 0 Å². The summed E-state index contributed by atoms with van der Waals surface area (Å²) in [6, 6.07) is 0. The third kappa shape index (κ3) is 4.33. The van der Waals surface area contributed by atoms with Gasteiger partial charge in [-0.25, -0.2) is 0 Å². The molecule has 3 N–H and O–H groups in total. The first kappa shape index (κ1) is 13.2. The average Bonchev–Trinajstić information content (AvgIpc) is 2.70. The molecule has 1 heterocycles. The minimum absolute atomic E-state index is 0.430. The molecule has 1 fully saturated rings. The zero-order valence-corrected chi connectivity index (χ0v) is 10.4. The van der Waals surface area contributed by atoms with Crippen molar-refractivity contribution in [2.24, 2.45) is 4.99 Å². The minimum Gasteiger partial charge on any atom is -0.387 e. The SMILES string of the molecule is C#CCNC(=NCC1(O)CCSC1)NCC. The Morgan fingerprint density at radius 2 is 2.44 bits per heavy atom. The molecule has 5 heteroatoms. The van der Waals surface area contributed by atoms with Gasteiger partial charge in [0.1, 0.15) is 0 Å². The van der Waals surface area contributed by atoms with Gasteiger partial charge in [-0.05, 0) is 19.1 Å². The summed E-state index contributed by atoms with van der Waals surface area (Å²) in [7, 11) is 0. The van der Waals surface area contributed by atoms with Gasteiger partial charge in [-0.3, -0.25) is 4.99 Å². The van der Waals surface area contributed by atoms with Crippen LogP contribution in [-0.4, -0.2) is 47.8 Å². The first-order valence-corrected chi connectivity index (χ1v) is 6.61. The molecule has 0 saturated carbocycles. The molecule has 0 radical (unpaired) electrons. The van der Waals surface area contributed by atoms with E-state index in [2.05, 4.69) is 21.5 Å². The molecule has 1 atom stereocenters. The molecule has 1 aliphatic heterocycles. The monoisotopic (exact) mass is 241 g/mol. The largest absolute Gasteiger partial charge is 0.387 e. The smallest absolute Gasteiger partial charge is 0.192 e. The number of aliphatic imine (C=N–C) groups is 1. The Bertz CT molecular complexity index is 279. The molecule has 16 heavy (non-hydrogen) atoms. The highest BCUT2D eigenvalue weighted by molar-refractivity contribution is 7.99. The van der Waals surface area contributed by atoms with Crippen molar-refractivity contribution in [1.29, 1.82) is 0 Å². The van der Waals surface area contributed by atoms with E-state index in [1.807, 2.05) is 6.92 Å². The summed E-state index contributed by atoms with van der Waals surface area (Å²) in [5.41, 5.74) is -0.636. The topological polar surface area (TPSA) is 56.7 Å². The van der Waals surface area contributed by atoms with Crippen molar-refractivity contribution in [1.82, 2.24) is 10.6 Å². The number of hydrogen-bond donors (Lipinski definition) is 3. The Morgan fingerprint density at radius 3 is 3.00 bits per heavy atom. The number of hydrogen-bond acceptors (Lipinski definition) is 3. The molecule has 0 aromatic heterocycles. The molecule has 0 bridgehead atoms. The molecule has 0 aromatic carbocycles. The van der Waals surface area contributed by atoms with E-state index in [1.54, 1.807) is 11.8 Å². The highest BCUT2D eigenvalue weighted by Crippen LogP contribution is 2.27. The third-order valence-electron chi connectivity index (χ3n) is 2.32. The maximum absolute atomic E-state index is 10.1. The van der Waals surface area contributed by atoms with Crippen LogP contribution < -0.4 is 10.6 Å². The second-order valence-corrected chi connectivity index (χ2v) is 4.88. The van der Waals surface area contributed by atoms with Crippen molar-refractivity contribution in [2.75, 3.05) is 31.1 Å². The second-order valence-electron chi connectivity index (χ2n) is 3.78. The van der Waals surface area contributed by atoms with Gasteiger partial charge in [-0.15, -0.1) is 6.42 Å². The lowest BCUT2D eigenvalue weighted by Gasteiger charge is -2.19. The Morgan fingerprint density at radius 1 is 1.62 bits per heavy atom. The summed E-state index contributed by atoms with van der Waals surface area (Å²) in [4.78, 5) is 4.34. The number of aliphatic hydroxyl groups is 1. The Kier molecular flexibility index (Phi) is 5.50. The van der Waals surface area contributed by atoms with E-state index in [0.29, 0.717) is 19.0 Å². The summed E-state index contributed by atoms with van der Waals surface area (Å²) >= 11 is 1.77. The third-order valence-corrected chi connectivity index (χ3v) is 3.55. The van der Waals surface area contributed by atoms with Gasteiger partial charge in [0.15, 0.2) is 5.96 Å². The van der Waals surface area contributed by atoms with Crippen molar-refractivity contribution < 1.29 is 5.11 Å². The van der Waals surface area contributed by atoms with Gasteiger partial charge in [-0.1, -0.05) is 5.92 Å².